The van der Waals surface area contributed by atoms with Crippen LogP contribution in [0.3, 0.4) is 0 Å². The first-order valence-corrected chi connectivity index (χ1v) is 15.1. The van der Waals surface area contributed by atoms with E-state index in [-0.39, 0.29) is 12.0 Å². The first kappa shape index (κ1) is 33.6. The van der Waals surface area contributed by atoms with Crippen molar-refractivity contribution in [2.75, 3.05) is 0 Å². The molecule has 1 N–H and O–H groups in total. The summed E-state index contributed by atoms with van der Waals surface area (Å²) in [6.07, 6.45) is 7.70. The van der Waals surface area contributed by atoms with Gasteiger partial charge in [-0.3, -0.25) is 14.5 Å². The Morgan fingerprint density at radius 3 is 2.08 bits per heavy atom. The van der Waals surface area contributed by atoms with Crippen LogP contribution in [-0.2, 0) is 22.2 Å². The van der Waals surface area contributed by atoms with Crippen LogP contribution in [0.15, 0.2) is 73.1 Å². The molecule has 7 heteroatoms. The van der Waals surface area contributed by atoms with Crippen LogP contribution in [0.2, 0.25) is 0 Å². The third-order valence-electron chi connectivity index (χ3n) is 5.12. The highest BCUT2D eigenvalue weighted by Gasteiger charge is 2.27. The number of hydrogen-bond acceptors (Lipinski definition) is 5. The predicted octanol–water partition coefficient (Wildman–Crippen LogP) is 8.57. The molecule has 0 bridgehead atoms. The van der Waals surface area contributed by atoms with Gasteiger partial charge in [0.25, 0.3) is 5.91 Å². The second-order valence-corrected chi connectivity index (χ2v) is 8.91. The van der Waals surface area contributed by atoms with E-state index in [0.717, 1.165) is 46.8 Å². The molecular formula is C32H44N2O4S. The SMILES string of the molecule is CC.CC.CC.CCC.O=C1C=C(c2ccc(OC3CCc4c(Oc5ccncc5)cccc43)cc2)S(=O)N1. The number of fused-ring (bicyclic) bond motifs is 1. The van der Waals surface area contributed by atoms with Crippen molar-refractivity contribution in [2.24, 2.45) is 0 Å². The van der Waals surface area contributed by atoms with Crippen molar-refractivity contribution < 1.29 is 18.5 Å². The normalized spacial score (nSPS) is 16.1. The summed E-state index contributed by atoms with van der Waals surface area (Å²) in [7, 11) is -1.50. The van der Waals surface area contributed by atoms with Crippen molar-refractivity contribution in [3.8, 4) is 17.2 Å². The summed E-state index contributed by atoms with van der Waals surface area (Å²) >= 11 is 0. The molecule has 0 radical (unpaired) electrons. The molecule has 6 nitrogen and oxygen atoms in total. The summed E-state index contributed by atoms with van der Waals surface area (Å²) < 4.78 is 26.6. The molecule has 2 atom stereocenters. The number of rotatable bonds is 5. The zero-order chi connectivity index (χ0) is 29.2. The zero-order valence-electron chi connectivity index (χ0n) is 24.6. The average Bonchev–Trinajstić information content (AvgIpc) is 3.56. The molecule has 1 aliphatic heterocycles. The van der Waals surface area contributed by atoms with Crippen LogP contribution >= 0.6 is 0 Å². The number of nitrogens with one attached hydrogen (secondary N) is 1. The molecule has 0 saturated carbocycles. The van der Waals surface area contributed by atoms with Crippen molar-refractivity contribution in [2.45, 2.75) is 80.8 Å². The Kier molecular flexibility index (Phi) is 16.1. The van der Waals surface area contributed by atoms with Gasteiger partial charge in [-0.25, -0.2) is 4.21 Å². The van der Waals surface area contributed by atoms with Crippen LogP contribution in [0.1, 0.15) is 91.0 Å². The van der Waals surface area contributed by atoms with Gasteiger partial charge in [0.15, 0.2) is 11.0 Å². The Hall–Kier alpha value is -3.45. The third kappa shape index (κ3) is 9.66. The highest BCUT2D eigenvalue weighted by molar-refractivity contribution is 7.93. The lowest BCUT2D eigenvalue weighted by Crippen LogP contribution is -2.16. The fraction of sp³-hybridized carbons (Fsp3) is 0.375. The molecule has 2 unspecified atom stereocenters. The molecule has 212 valence electrons. The van der Waals surface area contributed by atoms with E-state index < -0.39 is 11.0 Å². The molecule has 5 rings (SSSR count). The van der Waals surface area contributed by atoms with Crippen LogP contribution in [0, 0.1) is 0 Å². The largest absolute Gasteiger partial charge is 0.486 e. The van der Waals surface area contributed by atoms with Gasteiger partial charge in [-0.2, -0.15) is 0 Å². The maximum Gasteiger partial charge on any atom is 0.257 e. The maximum absolute atomic E-state index is 11.9. The van der Waals surface area contributed by atoms with Gasteiger partial charge in [0.2, 0.25) is 0 Å². The van der Waals surface area contributed by atoms with Gasteiger partial charge in [-0.15, -0.1) is 0 Å². The summed E-state index contributed by atoms with van der Waals surface area (Å²) in [6, 6.07) is 17.0. The number of hydrogen-bond donors (Lipinski definition) is 1. The van der Waals surface area contributed by atoms with E-state index in [9.17, 15) is 9.00 Å². The highest BCUT2D eigenvalue weighted by Crippen LogP contribution is 2.41. The summed E-state index contributed by atoms with van der Waals surface area (Å²) in [5, 5.41) is 0. The van der Waals surface area contributed by atoms with E-state index in [1.54, 1.807) is 12.4 Å². The third-order valence-corrected chi connectivity index (χ3v) is 6.26. The van der Waals surface area contributed by atoms with E-state index in [2.05, 4.69) is 29.6 Å². The highest BCUT2D eigenvalue weighted by atomic mass is 32.2. The lowest BCUT2D eigenvalue weighted by atomic mass is 10.1. The van der Waals surface area contributed by atoms with E-state index in [4.69, 9.17) is 9.47 Å². The molecule has 3 aromatic rings. The van der Waals surface area contributed by atoms with Gasteiger partial charge < -0.3 is 9.47 Å². The average molecular weight is 553 g/mol. The Morgan fingerprint density at radius 1 is 0.897 bits per heavy atom. The first-order chi connectivity index (χ1) is 19.1. The Balaban J connectivity index is 0.000000763. The fourth-order valence-electron chi connectivity index (χ4n) is 3.73. The first-order valence-electron chi connectivity index (χ1n) is 14.0. The molecular weight excluding hydrogens is 508 g/mol. The molecule has 0 saturated heterocycles. The van der Waals surface area contributed by atoms with Crippen molar-refractivity contribution in [1.82, 2.24) is 9.71 Å². The summed E-state index contributed by atoms with van der Waals surface area (Å²) in [5.74, 6) is 1.98. The van der Waals surface area contributed by atoms with Gasteiger partial charge in [0.05, 0.1) is 4.91 Å². The van der Waals surface area contributed by atoms with Gasteiger partial charge in [0.1, 0.15) is 23.4 Å². The minimum atomic E-state index is -1.50. The Labute approximate surface area is 237 Å². The topological polar surface area (TPSA) is 77.5 Å². The summed E-state index contributed by atoms with van der Waals surface area (Å²) in [5.41, 5.74) is 3.02. The Morgan fingerprint density at radius 2 is 1.51 bits per heavy atom. The van der Waals surface area contributed by atoms with Gasteiger partial charge >= 0.3 is 0 Å². The minimum Gasteiger partial charge on any atom is -0.486 e. The van der Waals surface area contributed by atoms with E-state index in [1.165, 1.54) is 12.5 Å². The standard InChI is InChI=1S/C23H18N2O4S.C3H8.3C2H6/c26-23-14-22(30(27)25-23)15-4-6-16(7-5-15)28-21-9-8-19-18(21)2-1-3-20(19)29-17-10-12-24-13-11-17;1-3-2;3*1-2/h1-7,10-14,21H,8-9H2,(H,25,26);3H2,1-2H3;3*1-2H3. The Bertz CT molecular complexity index is 1180. The molecule has 2 aromatic carbocycles. The molecule has 1 amide bonds. The number of ether oxygens (including phenoxy) is 2. The van der Waals surface area contributed by atoms with Gasteiger partial charge in [0, 0.05) is 24.0 Å². The minimum absolute atomic E-state index is 0.0603. The molecule has 0 spiro atoms. The number of nitrogens with zero attached hydrogens (tertiary/aromatic N) is 1. The zero-order valence-corrected chi connectivity index (χ0v) is 25.4. The molecule has 0 fully saturated rings. The molecule has 39 heavy (non-hydrogen) atoms. The van der Waals surface area contributed by atoms with Crippen LogP contribution in [0.5, 0.6) is 17.2 Å². The van der Waals surface area contributed by atoms with Crippen molar-refractivity contribution >= 4 is 21.8 Å². The van der Waals surface area contributed by atoms with Crippen LogP contribution in [0.4, 0.5) is 0 Å². The number of carbonyl (C=O) groups is 1. The molecule has 2 aliphatic rings. The lowest BCUT2D eigenvalue weighted by Gasteiger charge is -2.16. The van der Waals surface area contributed by atoms with Crippen molar-refractivity contribution in [3.63, 3.8) is 0 Å². The molecule has 1 aliphatic carbocycles. The van der Waals surface area contributed by atoms with Gasteiger partial charge in [-0.1, -0.05) is 86.1 Å². The summed E-state index contributed by atoms with van der Waals surface area (Å²) in [6.45, 7) is 16.2. The summed E-state index contributed by atoms with van der Waals surface area (Å²) in [4.78, 5) is 15.9. The number of benzene rings is 2. The van der Waals surface area contributed by atoms with Crippen LogP contribution in [0.25, 0.3) is 4.91 Å². The smallest absolute Gasteiger partial charge is 0.257 e. The number of carbonyl (C=O) groups excluding carboxylic acids is 1. The number of aromatic nitrogens is 1. The van der Waals surface area contributed by atoms with Crippen molar-refractivity contribution in [1.29, 1.82) is 0 Å². The number of amides is 1. The molecule has 1 aromatic heterocycles. The van der Waals surface area contributed by atoms with E-state index in [1.807, 2.05) is 90.1 Å². The second kappa shape index (κ2) is 18.7. The molecule has 2 heterocycles. The second-order valence-electron chi connectivity index (χ2n) is 7.73. The van der Waals surface area contributed by atoms with Gasteiger partial charge in [-0.05, 0) is 54.3 Å². The lowest BCUT2D eigenvalue weighted by molar-refractivity contribution is -0.114. The monoisotopic (exact) mass is 552 g/mol. The maximum atomic E-state index is 11.9. The quantitative estimate of drug-likeness (QED) is 0.343. The van der Waals surface area contributed by atoms with E-state index in [0.29, 0.717) is 4.91 Å². The van der Waals surface area contributed by atoms with E-state index >= 15 is 0 Å². The number of pyridine rings is 1. The van der Waals surface area contributed by atoms with Crippen LogP contribution < -0.4 is 14.2 Å². The van der Waals surface area contributed by atoms with Crippen LogP contribution in [-0.4, -0.2) is 15.1 Å². The van der Waals surface area contributed by atoms with Crippen molar-refractivity contribution in [3.05, 3.63) is 89.8 Å². The predicted molar refractivity (Wildman–Crippen MR) is 163 cm³/mol. The fourth-order valence-corrected chi connectivity index (χ4v) is 4.65.